The molecular weight excluding hydrogens is 961 g/mol. The molecule has 11 rings (SSSR count). The van der Waals surface area contributed by atoms with E-state index < -0.39 is 6.85 Å². The quantitative estimate of drug-likeness (QED) is 0.149. The van der Waals surface area contributed by atoms with E-state index in [0.717, 1.165) is 77.4 Å². The predicted molar refractivity (Wildman–Crippen MR) is 261 cm³/mol. The number of hydrogen-bond donors (Lipinski definition) is 0. The zero-order valence-corrected chi connectivity index (χ0v) is 38.3. The molecule has 0 amide bonds. The molecule has 0 atom stereocenters. The van der Waals surface area contributed by atoms with Crippen LogP contribution in [-0.2, 0) is 20.1 Å². The number of benzene rings is 7. The van der Waals surface area contributed by atoms with E-state index in [9.17, 15) is 0 Å². The van der Waals surface area contributed by atoms with Crippen molar-refractivity contribution in [3.8, 4) is 55.9 Å². The van der Waals surface area contributed by atoms with Gasteiger partial charge in [-0.1, -0.05) is 153 Å². The molecule has 315 valence electrons. The molecule has 0 spiro atoms. The molecular formula is C59H46IrN2O2-2. The van der Waals surface area contributed by atoms with Crippen LogP contribution in [-0.4, -0.2) is 9.97 Å². The van der Waals surface area contributed by atoms with Gasteiger partial charge in [0.1, 0.15) is 16.7 Å². The van der Waals surface area contributed by atoms with Gasteiger partial charge in [-0.2, -0.15) is 0 Å². The van der Waals surface area contributed by atoms with E-state index in [0.29, 0.717) is 17.5 Å². The van der Waals surface area contributed by atoms with E-state index in [1.165, 1.54) is 34.0 Å². The normalized spacial score (nSPS) is 12.2. The summed E-state index contributed by atoms with van der Waals surface area (Å²) in [6, 6.07) is 62.0. The van der Waals surface area contributed by atoms with Crippen LogP contribution in [0.1, 0.15) is 60.3 Å². The molecule has 11 aromatic rings. The van der Waals surface area contributed by atoms with Gasteiger partial charge in [0.15, 0.2) is 0 Å². The molecule has 7 aromatic carbocycles. The average Bonchev–Trinajstić information content (AvgIpc) is 3.92. The zero-order chi connectivity index (χ0) is 45.5. The molecule has 0 aliphatic rings. The number of furan rings is 2. The second-order valence-electron chi connectivity index (χ2n) is 16.5. The van der Waals surface area contributed by atoms with Crippen LogP contribution in [0.4, 0.5) is 0 Å². The Morgan fingerprint density at radius 1 is 0.547 bits per heavy atom. The summed E-state index contributed by atoms with van der Waals surface area (Å²) in [5.41, 5.74) is 16.6. The van der Waals surface area contributed by atoms with Gasteiger partial charge in [0.25, 0.3) is 0 Å². The minimum atomic E-state index is -2.15. The van der Waals surface area contributed by atoms with Gasteiger partial charge in [0, 0.05) is 52.8 Å². The molecule has 5 heteroatoms. The maximum atomic E-state index is 7.46. The third-order valence-electron chi connectivity index (χ3n) is 11.8. The average molecular weight is 1010 g/mol. The first-order valence-corrected chi connectivity index (χ1v) is 21.4. The van der Waals surface area contributed by atoms with Crippen LogP contribution < -0.4 is 0 Å². The van der Waals surface area contributed by atoms with Crippen molar-refractivity contribution in [2.75, 3.05) is 0 Å². The summed E-state index contributed by atoms with van der Waals surface area (Å²) in [7, 11) is 0. The summed E-state index contributed by atoms with van der Waals surface area (Å²) in [6.45, 7) is 6.90. The Labute approximate surface area is 392 Å². The molecule has 0 saturated carbocycles. The fraction of sp³-hybridized carbons (Fsp3) is 0.119. The summed E-state index contributed by atoms with van der Waals surface area (Å²) >= 11 is 0. The fourth-order valence-corrected chi connectivity index (χ4v) is 8.67. The molecule has 1 radical (unpaired) electrons. The van der Waals surface area contributed by atoms with Crippen molar-refractivity contribution in [1.82, 2.24) is 9.97 Å². The summed E-state index contributed by atoms with van der Waals surface area (Å²) in [4.78, 5) is 9.07. The zero-order valence-electron chi connectivity index (χ0n) is 38.9. The van der Waals surface area contributed by atoms with Crippen molar-refractivity contribution in [3.63, 3.8) is 0 Å². The van der Waals surface area contributed by atoms with Crippen molar-refractivity contribution in [2.45, 2.75) is 46.4 Å². The van der Waals surface area contributed by atoms with E-state index in [-0.39, 0.29) is 25.7 Å². The Bertz CT molecular complexity index is 3490. The van der Waals surface area contributed by atoms with Crippen LogP contribution in [0.3, 0.4) is 0 Å². The topological polar surface area (TPSA) is 52.1 Å². The molecule has 0 aliphatic carbocycles. The van der Waals surface area contributed by atoms with Crippen LogP contribution >= 0.6 is 0 Å². The van der Waals surface area contributed by atoms with Crippen molar-refractivity contribution in [3.05, 3.63) is 205 Å². The van der Waals surface area contributed by atoms with Crippen molar-refractivity contribution < 1.29 is 33.1 Å². The number of fused-ring (bicyclic) bond motifs is 6. The molecule has 0 fully saturated rings. The summed E-state index contributed by atoms with van der Waals surface area (Å²) in [5, 5.41) is 4.36. The number of aromatic nitrogens is 2. The third-order valence-corrected chi connectivity index (χ3v) is 11.8. The standard InChI is InChI=1S/C35H30NO.C24H16NO.Ir/c1-22(2)27-12-8-13-28(23(3)4)34(27)26-18-19-36-32(20-26)31-15-9-14-30-29-17-16-25(21-33(29)37-35(30)31)24-10-6-5-7-11-24;1-16-9-14-21(25-15-16)18-12-10-17(11-13-18)19-6-4-8-23-24(19)20-5-2-3-7-22(20)26-23;/h5-14,16-23H,1-4H3;2-12,14-15H,1H3;/q2*-1;/i;1D3;. The second-order valence-corrected chi connectivity index (χ2v) is 16.5. The van der Waals surface area contributed by atoms with Crippen molar-refractivity contribution in [1.29, 1.82) is 0 Å². The molecule has 0 N–H and O–H groups in total. The first kappa shape index (κ1) is 38.7. The van der Waals surface area contributed by atoms with E-state index in [4.69, 9.17) is 17.9 Å². The largest absolute Gasteiger partial charge is 0.501 e. The Morgan fingerprint density at radius 3 is 2.06 bits per heavy atom. The summed E-state index contributed by atoms with van der Waals surface area (Å²) in [5.74, 6) is 0.851. The maximum Gasteiger partial charge on any atom is 0.135 e. The number of nitrogens with zero attached hydrogens (tertiary/aromatic N) is 2. The maximum absolute atomic E-state index is 7.46. The first-order valence-electron chi connectivity index (χ1n) is 22.9. The molecule has 64 heavy (non-hydrogen) atoms. The van der Waals surface area contributed by atoms with Gasteiger partial charge < -0.3 is 18.8 Å². The number of aryl methyl sites for hydroxylation is 1. The predicted octanol–water partition coefficient (Wildman–Crippen LogP) is 16.5. The number of hydrogen-bond acceptors (Lipinski definition) is 4. The van der Waals surface area contributed by atoms with E-state index >= 15 is 0 Å². The van der Waals surface area contributed by atoms with Crippen molar-refractivity contribution >= 4 is 43.9 Å². The molecule has 4 aromatic heterocycles. The molecule has 0 aliphatic heterocycles. The van der Waals surface area contributed by atoms with Crippen LogP contribution in [0.15, 0.2) is 185 Å². The first-order chi connectivity index (χ1) is 32.0. The van der Waals surface area contributed by atoms with Crippen LogP contribution in [0.5, 0.6) is 0 Å². The van der Waals surface area contributed by atoms with Gasteiger partial charge in [-0.25, -0.2) is 0 Å². The van der Waals surface area contributed by atoms with Gasteiger partial charge in [-0.15, -0.1) is 48.0 Å². The molecule has 4 heterocycles. The van der Waals surface area contributed by atoms with E-state index in [1.54, 1.807) is 12.1 Å². The number of rotatable bonds is 7. The van der Waals surface area contributed by atoms with Crippen molar-refractivity contribution in [2.24, 2.45) is 0 Å². The number of pyridine rings is 2. The molecule has 0 bridgehead atoms. The second kappa shape index (κ2) is 18.1. The fourth-order valence-electron chi connectivity index (χ4n) is 8.67. The Kier molecular flexibility index (Phi) is 10.9. The van der Waals surface area contributed by atoms with Gasteiger partial charge in [0.05, 0.1) is 5.58 Å². The Hall–Kier alpha value is -6.91. The van der Waals surface area contributed by atoms with E-state index in [1.807, 2.05) is 66.9 Å². The van der Waals surface area contributed by atoms with E-state index in [2.05, 4.69) is 136 Å². The monoisotopic (exact) mass is 1010 g/mol. The van der Waals surface area contributed by atoms with Gasteiger partial charge in [-0.05, 0) is 98.8 Å². The SMILES string of the molecule is CC(C)c1cccc(C(C)C)c1-c1ccnc(-c2[c-]ccc3c2oc2cc(-c4ccccc4)ccc23)c1.[2H]C([2H])([2H])c1ccc(-c2[c-]cc(-c3cccc4oc5ccccc5c34)cc2)nc1.[Ir]. The molecule has 0 unspecified atom stereocenters. The minimum Gasteiger partial charge on any atom is -0.501 e. The van der Waals surface area contributed by atoms with Crippen LogP contribution in [0.2, 0.25) is 0 Å². The van der Waals surface area contributed by atoms with Gasteiger partial charge in [-0.3, -0.25) is 0 Å². The summed E-state index contributed by atoms with van der Waals surface area (Å²) in [6.07, 6.45) is 3.32. The van der Waals surface area contributed by atoms with Crippen LogP contribution in [0.25, 0.3) is 99.8 Å². The molecule has 0 saturated heterocycles. The minimum absolute atomic E-state index is 0. The Morgan fingerprint density at radius 2 is 1.31 bits per heavy atom. The Balaban J connectivity index is 0.000000170. The number of para-hydroxylation sites is 1. The third kappa shape index (κ3) is 8.10. The summed E-state index contributed by atoms with van der Waals surface area (Å²) < 4.78 is 34.9. The van der Waals surface area contributed by atoms with Crippen LogP contribution in [0, 0.1) is 19.0 Å². The molecule has 4 nitrogen and oxygen atoms in total. The smallest absolute Gasteiger partial charge is 0.135 e. The van der Waals surface area contributed by atoms with Gasteiger partial charge >= 0.3 is 0 Å². The van der Waals surface area contributed by atoms with Gasteiger partial charge in [0.2, 0.25) is 0 Å².